The number of benzene rings is 2. The summed E-state index contributed by atoms with van der Waals surface area (Å²) >= 11 is 1.52. The number of carbonyl (C=O) groups excluding carboxylic acids is 1. The first kappa shape index (κ1) is 21.3. The lowest BCUT2D eigenvalue weighted by Gasteiger charge is -2.18. The van der Waals surface area contributed by atoms with Crippen molar-refractivity contribution >= 4 is 29.1 Å². The third-order valence-corrected chi connectivity index (χ3v) is 6.61. The van der Waals surface area contributed by atoms with Crippen LogP contribution in [0.3, 0.4) is 0 Å². The van der Waals surface area contributed by atoms with Gasteiger partial charge in [-0.15, -0.1) is 11.3 Å². The molecule has 8 nitrogen and oxygen atoms in total. The van der Waals surface area contributed by atoms with E-state index in [1.54, 1.807) is 17.0 Å². The molecule has 1 aliphatic heterocycles. The van der Waals surface area contributed by atoms with Gasteiger partial charge in [0.05, 0.1) is 23.6 Å². The molecule has 1 amide bonds. The number of thiazole rings is 1. The van der Waals surface area contributed by atoms with Gasteiger partial charge in [-0.25, -0.2) is 4.68 Å². The van der Waals surface area contributed by atoms with Crippen molar-refractivity contribution in [3.05, 3.63) is 52.1 Å². The molecule has 1 fully saturated rings. The first-order chi connectivity index (χ1) is 16.1. The number of fused-ring (bicyclic) bond motifs is 1. The molecule has 0 radical (unpaired) electrons. The van der Waals surface area contributed by atoms with Gasteiger partial charge in [0.1, 0.15) is 5.75 Å². The third-order valence-electron chi connectivity index (χ3n) is 5.78. The SMILES string of the molecule is O=C1COc2ccc(-c3csc(=NC4CCCCC4)n3N=Cc3ccc(O)c(O)c3)cc2N1. The molecule has 1 aliphatic carbocycles. The van der Waals surface area contributed by atoms with Crippen molar-refractivity contribution in [2.45, 2.75) is 38.1 Å². The highest BCUT2D eigenvalue weighted by Crippen LogP contribution is 2.33. The van der Waals surface area contributed by atoms with Crippen LogP contribution >= 0.6 is 11.3 Å². The van der Waals surface area contributed by atoms with Crippen molar-refractivity contribution in [3.8, 4) is 28.5 Å². The molecule has 2 aromatic carbocycles. The number of hydrogen-bond acceptors (Lipinski definition) is 7. The molecule has 3 aromatic rings. The van der Waals surface area contributed by atoms with Gasteiger partial charge >= 0.3 is 0 Å². The minimum absolute atomic E-state index is 0.0129. The van der Waals surface area contributed by atoms with Crippen LogP contribution < -0.4 is 14.9 Å². The van der Waals surface area contributed by atoms with Crippen molar-refractivity contribution in [1.82, 2.24) is 4.68 Å². The van der Waals surface area contributed by atoms with E-state index < -0.39 is 0 Å². The highest BCUT2D eigenvalue weighted by Gasteiger charge is 2.18. The lowest BCUT2D eigenvalue weighted by Crippen LogP contribution is -2.25. The molecule has 9 heteroatoms. The van der Waals surface area contributed by atoms with Crippen LogP contribution in [0.4, 0.5) is 5.69 Å². The second kappa shape index (κ2) is 9.11. The van der Waals surface area contributed by atoms with Gasteiger partial charge in [0.15, 0.2) is 18.1 Å². The van der Waals surface area contributed by atoms with Crippen molar-refractivity contribution in [1.29, 1.82) is 0 Å². The Hall–Kier alpha value is -3.59. The van der Waals surface area contributed by atoms with E-state index in [0.29, 0.717) is 17.0 Å². The molecule has 1 saturated carbocycles. The van der Waals surface area contributed by atoms with Gasteiger partial charge < -0.3 is 20.3 Å². The topological polar surface area (TPSA) is 108 Å². The Morgan fingerprint density at radius 3 is 2.76 bits per heavy atom. The zero-order chi connectivity index (χ0) is 22.8. The van der Waals surface area contributed by atoms with Crippen LogP contribution in [-0.2, 0) is 4.79 Å². The number of amides is 1. The number of nitrogens with zero attached hydrogens (tertiary/aromatic N) is 3. The van der Waals surface area contributed by atoms with Gasteiger partial charge in [-0.3, -0.25) is 9.79 Å². The van der Waals surface area contributed by atoms with Gasteiger partial charge in [0, 0.05) is 10.9 Å². The van der Waals surface area contributed by atoms with Crippen LogP contribution in [0, 0.1) is 0 Å². The number of anilines is 1. The van der Waals surface area contributed by atoms with Gasteiger partial charge in [0.2, 0.25) is 4.80 Å². The van der Waals surface area contributed by atoms with Crippen molar-refractivity contribution in [2.24, 2.45) is 10.1 Å². The summed E-state index contributed by atoms with van der Waals surface area (Å²) in [5.41, 5.74) is 2.97. The molecule has 0 unspecified atom stereocenters. The van der Waals surface area contributed by atoms with Crippen molar-refractivity contribution in [3.63, 3.8) is 0 Å². The Morgan fingerprint density at radius 1 is 1.09 bits per heavy atom. The van der Waals surface area contributed by atoms with Crippen LogP contribution in [0.5, 0.6) is 17.2 Å². The molecule has 0 atom stereocenters. The number of phenols is 2. The van der Waals surface area contributed by atoms with Crippen LogP contribution in [0.15, 0.2) is 51.9 Å². The van der Waals surface area contributed by atoms with Gasteiger partial charge in [-0.1, -0.05) is 19.3 Å². The lowest BCUT2D eigenvalue weighted by atomic mass is 9.96. The summed E-state index contributed by atoms with van der Waals surface area (Å²) in [6, 6.07) is 10.5. The minimum Gasteiger partial charge on any atom is -0.504 e. The Bertz CT molecular complexity index is 1290. The number of carbonyl (C=O) groups is 1. The van der Waals surface area contributed by atoms with E-state index in [-0.39, 0.29) is 30.1 Å². The number of aromatic nitrogens is 1. The predicted octanol–water partition coefficient (Wildman–Crippen LogP) is 4.07. The van der Waals surface area contributed by atoms with E-state index in [0.717, 1.165) is 28.9 Å². The van der Waals surface area contributed by atoms with Gasteiger partial charge in [-0.05, 0) is 54.8 Å². The molecule has 1 aromatic heterocycles. The monoisotopic (exact) mass is 464 g/mol. The fourth-order valence-electron chi connectivity index (χ4n) is 4.05. The smallest absolute Gasteiger partial charge is 0.262 e. The quantitative estimate of drug-likeness (QED) is 0.399. The maximum atomic E-state index is 11.8. The third kappa shape index (κ3) is 4.63. The van der Waals surface area contributed by atoms with E-state index in [9.17, 15) is 15.0 Å². The highest BCUT2D eigenvalue weighted by molar-refractivity contribution is 7.07. The Balaban J connectivity index is 1.57. The molecule has 33 heavy (non-hydrogen) atoms. The molecule has 5 rings (SSSR count). The van der Waals surface area contributed by atoms with Crippen LogP contribution in [-0.4, -0.2) is 39.7 Å². The molecular formula is C24H24N4O4S. The molecule has 0 spiro atoms. The van der Waals surface area contributed by atoms with Crippen molar-refractivity contribution in [2.75, 3.05) is 11.9 Å². The second-order valence-corrected chi connectivity index (χ2v) is 9.01. The Morgan fingerprint density at radius 2 is 1.94 bits per heavy atom. The highest BCUT2D eigenvalue weighted by atomic mass is 32.1. The largest absolute Gasteiger partial charge is 0.504 e. The molecule has 0 bridgehead atoms. The van der Waals surface area contributed by atoms with E-state index >= 15 is 0 Å². The zero-order valence-corrected chi connectivity index (χ0v) is 18.7. The normalized spacial score (nSPS) is 17.1. The van der Waals surface area contributed by atoms with Gasteiger partial charge in [0.25, 0.3) is 5.91 Å². The van der Waals surface area contributed by atoms with E-state index in [1.807, 2.05) is 23.6 Å². The molecule has 0 saturated heterocycles. The summed E-state index contributed by atoms with van der Waals surface area (Å²) in [5, 5.41) is 28.9. The van der Waals surface area contributed by atoms with E-state index in [4.69, 9.17) is 9.73 Å². The maximum absolute atomic E-state index is 11.8. The predicted molar refractivity (Wildman–Crippen MR) is 127 cm³/mol. The standard InChI is InChI=1S/C24H24N4O4S/c29-20-8-6-15(10-21(20)30)12-25-28-19(14-33-24(28)26-17-4-2-1-3-5-17)16-7-9-22-18(11-16)27-23(31)13-32-22/h6-12,14,17,29-30H,1-5,13H2,(H,27,31). The summed E-state index contributed by atoms with van der Waals surface area (Å²) in [6.45, 7) is 0.0129. The van der Waals surface area contributed by atoms with Crippen LogP contribution in [0.2, 0.25) is 0 Å². The Kier molecular flexibility index (Phi) is 5.87. The Labute approximate surface area is 194 Å². The first-order valence-electron chi connectivity index (χ1n) is 10.9. The number of ether oxygens (including phenoxy) is 1. The molecule has 2 heterocycles. The number of rotatable bonds is 4. The number of hydrogen-bond donors (Lipinski definition) is 3. The summed E-state index contributed by atoms with van der Waals surface area (Å²) in [5.74, 6) is 0.0701. The van der Waals surface area contributed by atoms with E-state index in [2.05, 4.69) is 10.4 Å². The first-order valence-corrected chi connectivity index (χ1v) is 11.8. The lowest BCUT2D eigenvalue weighted by molar-refractivity contribution is -0.118. The van der Waals surface area contributed by atoms with Crippen LogP contribution in [0.25, 0.3) is 11.3 Å². The molecule has 170 valence electrons. The molecule has 3 N–H and O–H groups in total. The fraction of sp³-hybridized carbons (Fsp3) is 0.292. The zero-order valence-electron chi connectivity index (χ0n) is 17.9. The maximum Gasteiger partial charge on any atom is 0.262 e. The minimum atomic E-state index is -0.202. The molecule has 2 aliphatic rings. The summed E-state index contributed by atoms with van der Waals surface area (Å²) < 4.78 is 7.27. The summed E-state index contributed by atoms with van der Waals surface area (Å²) in [7, 11) is 0. The fourth-order valence-corrected chi connectivity index (χ4v) is 4.96. The van der Waals surface area contributed by atoms with Crippen LogP contribution in [0.1, 0.15) is 37.7 Å². The summed E-state index contributed by atoms with van der Waals surface area (Å²) in [6.07, 6.45) is 7.40. The molecular weight excluding hydrogens is 440 g/mol. The average Bonchev–Trinajstić information content (AvgIpc) is 3.22. The number of aromatic hydroxyl groups is 2. The van der Waals surface area contributed by atoms with Gasteiger partial charge in [-0.2, -0.15) is 5.10 Å². The van der Waals surface area contributed by atoms with E-state index in [1.165, 1.54) is 42.7 Å². The van der Waals surface area contributed by atoms with Crippen molar-refractivity contribution < 1.29 is 19.7 Å². The average molecular weight is 465 g/mol. The summed E-state index contributed by atoms with van der Waals surface area (Å²) in [4.78, 5) is 17.5. The second-order valence-electron chi connectivity index (χ2n) is 8.18. The number of phenolic OH excluding ortho intramolecular Hbond substituents is 2. The number of nitrogens with one attached hydrogen (secondary N) is 1.